The molecule has 2 N–H and O–H groups in total. The molecule has 0 aliphatic carbocycles. The van der Waals surface area contributed by atoms with Crippen molar-refractivity contribution in [2.45, 2.75) is 25.6 Å². The molecule has 1 atom stereocenters. The molecule has 1 unspecified atom stereocenters. The summed E-state index contributed by atoms with van der Waals surface area (Å²) in [6, 6.07) is -0.737. The number of nitrogens with one attached hydrogen (secondary N) is 1. The highest BCUT2D eigenvalue weighted by molar-refractivity contribution is 5.73. The van der Waals surface area contributed by atoms with Crippen molar-refractivity contribution < 1.29 is 27.8 Å². The summed E-state index contributed by atoms with van der Waals surface area (Å²) < 4.78 is 39.1. The van der Waals surface area contributed by atoms with Crippen LogP contribution in [-0.2, 0) is 9.53 Å². The zero-order chi connectivity index (χ0) is 11.9. The van der Waals surface area contributed by atoms with Gasteiger partial charge >= 0.3 is 12.1 Å². The van der Waals surface area contributed by atoms with E-state index >= 15 is 0 Å². The van der Waals surface area contributed by atoms with Crippen molar-refractivity contribution in [3.63, 3.8) is 0 Å². The van der Waals surface area contributed by atoms with Crippen LogP contribution < -0.4 is 5.32 Å². The fourth-order valence-electron chi connectivity index (χ4n) is 0.899. The Bertz CT molecular complexity index is 196. The van der Waals surface area contributed by atoms with E-state index in [1.165, 1.54) is 0 Å². The summed E-state index contributed by atoms with van der Waals surface area (Å²) in [4.78, 5) is 10.5. The Kier molecular flexibility index (Phi) is 6.26. The fourth-order valence-corrected chi connectivity index (χ4v) is 0.899. The van der Waals surface area contributed by atoms with Crippen molar-refractivity contribution >= 4 is 5.97 Å². The zero-order valence-electron chi connectivity index (χ0n) is 8.30. The quantitative estimate of drug-likeness (QED) is 0.640. The van der Waals surface area contributed by atoms with E-state index in [9.17, 15) is 18.0 Å². The maximum Gasteiger partial charge on any atom is 0.411 e. The molecule has 0 fully saturated rings. The molecule has 0 aliphatic heterocycles. The normalized spacial score (nSPS) is 13.9. The van der Waals surface area contributed by atoms with E-state index in [2.05, 4.69) is 10.1 Å². The van der Waals surface area contributed by atoms with E-state index < -0.39 is 24.8 Å². The van der Waals surface area contributed by atoms with Gasteiger partial charge in [0, 0.05) is 6.54 Å². The van der Waals surface area contributed by atoms with Gasteiger partial charge in [-0.15, -0.1) is 0 Å². The van der Waals surface area contributed by atoms with Gasteiger partial charge in [0.2, 0.25) is 0 Å². The molecule has 90 valence electrons. The number of carbonyl (C=O) groups is 1. The Morgan fingerprint density at radius 3 is 2.53 bits per heavy atom. The lowest BCUT2D eigenvalue weighted by atomic mass is 10.2. The van der Waals surface area contributed by atoms with Crippen LogP contribution in [0, 0.1) is 0 Å². The molecular formula is C8H14F3NO3. The molecular weight excluding hydrogens is 215 g/mol. The lowest BCUT2D eigenvalue weighted by Gasteiger charge is -2.12. The summed E-state index contributed by atoms with van der Waals surface area (Å²) in [6.07, 6.45) is -3.97. The maximum absolute atomic E-state index is 11.6. The third-order valence-corrected chi connectivity index (χ3v) is 1.61. The predicted molar refractivity (Wildman–Crippen MR) is 46.6 cm³/mol. The van der Waals surface area contributed by atoms with Gasteiger partial charge in [0.1, 0.15) is 12.6 Å². The number of carboxylic acid groups (broad SMARTS) is 1. The number of halogens is 3. The molecule has 0 aliphatic rings. The summed E-state index contributed by atoms with van der Waals surface area (Å²) in [5.41, 5.74) is 0. The van der Waals surface area contributed by atoms with Gasteiger partial charge in [-0.1, -0.05) is 6.92 Å². The van der Waals surface area contributed by atoms with Gasteiger partial charge in [-0.2, -0.15) is 13.2 Å². The molecule has 0 bridgehead atoms. The first-order chi connectivity index (χ1) is 6.87. The number of rotatable bonds is 7. The molecule has 0 amide bonds. The average Bonchev–Trinajstić information content (AvgIpc) is 2.08. The Balaban J connectivity index is 3.49. The Labute approximate surface area is 85.4 Å². The monoisotopic (exact) mass is 229 g/mol. The van der Waals surface area contributed by atoms with Crippen LogP contribution in [0.4, 0.5) is 13.2 Å². The molecule has 4 nitrogen and oxygen atoms in total. The first-order valence-electron chi connectivity index (χ1n) is 4.47. The van der Waals surface area contributed by atoms with E-state index in [4.69, 9.17) is 5.11 Å². The number of hydrogen-bond acceptors (Lipinski definition) is 3. The minimum atomic E-state index is -4.34. The molecule has 15 heavy (non-hydrogen) atoms. The summed E-state index contributed by atoms with van der Waals surface area (Å²) in [6.45, 7) is 0.283. The van der Waals surface area contributed by atoms with Crippen LogP contribution >= 0.6 is 0 Å². The number of alkyl halides is 3. The minimum Gasteiger partial charge on any atom is -0.480 e. The van der Waals surface area contributed by atoms with E-state index in [0.29, 0.717) is 6.42 Å². The summed E-state index contributed by atoms with van der Waals surface area (Å²) >= 11 is 0. The first kappa shape index (κ1) is 14.2. The maximum atomic E-state index is 11.6. The third-order valence-electron chi connectivity index (χ3n) is 1.61. The molecule has 0 heterocycles. The zero-order valence-corrected chi connectivity index (χ0v) is 8.30. The fraction of sp³-hybridized carbons (Fsp3) is 0.875. The van der Waals surface area contributed by atoms with Crippen LogP contribution in [-0.4, -0.2) is 43.1 Å². The van der Waals surface area contributed by atoms with Crippen molar-refractivity contribution in [3.8, 4) is 0 Å². The van der Waals surface area contributed by atoms with Gasteiger partial charge < -0.3 is 15.2 Å². The van der Waals surface area contributed by atoms with E-state index in [1.54, 1.807) is 6.92 Å². The van der Waals surface area contributed by atoms with Crippen molar-refractivity contribution in [1.29, 1.82) is 0 Å². The van der Waals surface area contributed by atoms with Crippen LogP contribution in [0.3, 0.4) is 0 Å². The number of aliphatic carboxylic acids is 1. The van der Waals surface area contributed by atoms with Crippen molar-refractivity contribution in [2.75, 3.05) is 19.8 Å². The van der Waals surface area contributed by atoms with Crippen LogP contribution in [0.1, 0.15) is 13.3 Å². The highest BCUT2D eigenvalue weighted by atomic mass is 19.4. The van der Waals surface area contributed by atoms with Crippen LogP contribution in [0.2, 0.25) is 0 Å². The van der Waals surface area contributed by atoms with E-state index in [0.717, 1.165) is 0 Å². The van der Waals surface area contributed by atoms with Gasteiger partial charge in [-0.25, -0.2) is 0 Å². The van der Waals surface area contributed by atoms with Gasteiger partial charge in [0.15, 0.2) is 0 Å². The summed E-state index contributed by atoms with van der Waals surface area (Å²) in [5.74, 6) is -1.02. The Hall–Kier alpha value is -0.820. The predicted octanol–water partition coefficient (Wildman–Crippen LogP) is 1.02. The number of hydrogen-bond donors (Lipinski definition) is 2. The molecule has 0 aromatic rings. The number of ether oxygens (including phenoxy) is 1. The molecule has 0 aromatic heterocycles. The molecule has 0 saturated carbocycles. The molecule has 0 aromatic carbocycles. The third kappa shape index (κ3) is 8.19. The number of carboxylic acids is 1. The highest BCUT2D eigenvalue weighted by Crippen LogP contribution is 2.13. The van der Waals surface area contributed by atoms with Crippen molar-refractivity contribution in [1.82, 2.24) is 5.32 Å². The topological polar surface area (TPSA) is 58.6 Å². The van der Waals surface area contributed by atoms with Gasteiger partial charge in [0.05, 0.1) is 6.61 Å². The summed E-state index contributed by atoms with van der Waals surface area (Å²) in [7, 11) is 0. The SMILES string of the molecule is CCC(NCCOCC(F)(F)F)C(=O)O. The second kappa shape index (κ2) is 6.62. The van der Waals surface area contributed by atoms with Gasteiger partial charge in [0.25, 0.3) is 0 Å². The molecule has 0 rings (SSSR count). The van der Waals surface area contributed by atoms with E-state index in [-0.39, 0.29) is 13.2 Å². The van der Waals surface area contributed by atoms with Crippen LogP contribution in [0.5, 0.6) is 0 Å². The van der Waals surface area contributed by atoms with Crippen molar-refractivity contribution in [3.05, 3.63) is 0 Å². The highest BCUT2D eigenvalue weighted by Gasteiger charge is 2.27. The standard InChI is InChI=1S/C8H14F3NO3/c1-2-6(7(13)14)12-3-4-15-5-8(9,10)11/h6,12H,2-5H2,1H3,(H,13,14). The van der Waals surface area contributed by atoms with Crippen LogP contribution in [0.25, 0.3) is 0 Å². The molecule has 0 radical (unpaired) electrons. The van der Waals surface area contributed by atoms with Crippen LogP contribution in [0.15, 0.2) is 0 Å². The largest absolute Gasteiger partial charge is 0.480 e. The van der Waals surface area contributed by atoms with Gasteiger partial charge in [-0.05, 0) is 6.42 Å². The minimum absolute atomic E-state index is 0.0842. The average molecular weight is 229 g/mol. The first-order valence-corrected chi connectivity index (χ1v) is 4.47. The molecule has 0 saturated heterocycles. The molecule has 0 spiro atoms. The second-order valence-electron chi connectivity index (χ2n) is 2.92. The van der Waals surface area contributed by atoms with Gasteiger partial charge in [-0.3, -0.25) is 4.79 Å². The second-order valence-corrected chi connectivity index (χ2v) is 2.92. The molecule has 7 heteroatoms. The van der Waals surface area contributed by atoms with Crippen molar-refractivity contribution in [2.24, 2.45) is 0 Å². The lowest BCUT2D eigenvalue weighted by Crippen LogP contribution is -2.38. The Morgan fingerprint density at radius 2 is 2.13 bits per heavy atom. The van der Waals surface area contributed by atoms with E-state index in [1.807, 2.05) is 0 Å². The lowest BCUT2D eigenvalue weighted by molar-refractivity contribution is -0.173. The Morgan fingerprint density at radius 1 is 1.53 bits per heavy atom. The smallest absolute Gasteiger partial charge is 0.411 e. The summed E-state index contributed by atoms with van der Waals surface area (Å²) in [5, 5.41) is 11.1.